The smallest absolute Gasteiger partial charge is 0.250 e. The molecule has 156 valence electrons. The van der Waals surface area contributed by atoms with Gasteiger partial charge < -0.3 is 4.90 Å². The molecule has 1 saturated carbocycles. The lowest BCUT2D eigenvalue weighted by Gasteiger charge is -2.19. The van der Waals surface area contributed by atoms with Gasteiger partial charge in [-0.2, -0.15) is 15.0 Å². The van der Waals surface area contributed by atoms with Gasteiger partial charge in [-0.05, 0) is 55.0 Å². The molecule has 1 saturated heterocycles. The van der Waals surface area contributed by atoms with Crippen LogP contribution in [0.1, 0.15) is 23.3 Å². The van der Waals surface area contributed by atoms with Crippen molar-refractivity contribution in [2.24, 2.45) is 17.8 Å². The summed E-state index contributed by atoms with van der Waals surface area (Å²) in [7, 11) is 0. The normalized spacial score (nSPS) is 22.4. The van der Waals surface area contributed by atoms with E-state index in [0.29, 0.717) is 49.4 Å². The fraction of sp³-hybridized carbons (Fsp3) is 0.318. The minimum Gasteiger partial charge on any atom is -0.340 e. The maximum atomic E-state index is 14.2. The van der Waals surface area contributed by atoms with E-state index in [-0.39, 0.29) is 23.1 Å². The van der Waals surface area contributed by atoms with Gasteiger partial charge in [-0.3, -0.25) is 4.79 Å². The fourth-order valence-electron chi connectivity index (χ4n) is 4.78. The number of halogens is 2. The first kappa shape index (κ1) is 19.3. The molecule has 2 aliphatic rings. The highest BCUT2D eigenvalue weighted by atomic mass is 19.1. The van der Waals surface area contributed by atoms with Crippen LogP contribution in [0.5, 0.6) is 0 Å². The van der Waals surface area contributed by atoms with E-state index in [2.05, 4.69) is 20.0 Å². The Kier molecular flexibility index (Phi) is 4.70. The molecule has 1 aromatic carbocycles. The van der Waals surface area contributed by atoms with E-state index in [1.54, 1.807) is 12.3 Å². The Labute approximate surface area is 177 Å². The summed E-state index contributed by atoms with van der Waals surface area (Å²) < 4.78 is 29.1. The molecule has 0 N–H and O–H groups in total. The van der Waals surface area contributed by atoms with Crippen LogP contribution in [0.2, 0.25) is 0 Å². The van der Waals surface area contributed by atoms with E-state index in [9.17, 15) is 13.6 Å². The van der Waals surface area contributed by atoms with Crippen LogP contribution in [0.25, 0.3) is 11.3 Å². The summed E-state index contributed by atoms with van der Waals surface area (Å²) in [6.45, 7) is 1.43. The van der Waals surface area contributed by atoms with Gasteiger partial charge in [0.2, 0.25) is 5.95 Å². The zero-order valence-electron chi connectivity index (χ0n) is 16.4. The van der Waals surface area contributed by atoms with Crippen LogP contribution in [0.15, 0.2) is 42.7 Å². The number of carbonyl (C=O) groups excluding carboxylic acids is 1. The van der Waals surface area contributed by atoms with Gasteiger partial charge in [0.25, 0.3) is 5.91 Å². The summed E-state index contributed by atoms with van der Waals surface area (Å²) in [4.78, 5) is 23.8. The molecule has 2 fully saturated rings. The first-order chi connectivity index (χ1) is 15.0. The van der Waals surface area contributed by atoms with Gasteiger partial charge in [0.1, 0.15) is 23.4 Å². The fourth-order valence-corrected chi connectivity index (χ4v) is 4.78. The minimum atomic E-state index is -0.602. The molecule has 9 heteroatoms. The number of fused-ring (bicyclic) bond motifs is 1. The van der Waals surface area contributed by atoms with Crippen LogP contribution in [0.4, 0.5) is 14.7 Å². The van der Waals surface area contributed by atoms with Gasteiger partial charge in [-0.15, -0.1) is 0 Å². The van der Waals surface area contributed by atoms with Crippen LogP contribution < -0.4 is 4.90 Å². The Morgan fingerprint density at radius 1 is 1.10 bits per heavy atom. The third-order valence-electron chi connectivity index (χ3n) is 6.20. The average Bonchev–Trinajstić information content (AvgIpc) is 3.50. The second kappa shape index (κ2) is 7.54. The maximum Gasteiger partial charge on any atom is 0.250 e. The summed E-state index contributed by atoms with van der Waals surface area (Å²) in [5.74, 6) is -0.482. The molecule has 3 aromatic rings. The van der Waals surface area contributed by atoms with Gasteiger partial charge in [-0.1, -0.05) is 0 Å². The summed E-state index contributed by atoms with van der Waals surface area (Å²) in [5, 5.41) is 13.1. The van der Waals surface area contributed by atoms with Crippen LogP contribution >= 0.6 is 0 Å². The van der Waals surface area contributed by atoms with Gasteiger partial charge in [0, 0.05) is 30.8 Å². The second-order valence-electron chi connectivity index (χ2n) is 8.04. The van der Waals surface area contributed by atoms with E-state index in [1.807, 2.05) is 6.07 Å². The lowest BCUT2D eigenvalue weighted by Crippen LogP contribution is -2.27. The Morgan fingerprint density at radius 2 is 1.87 bits per heavy atom. The molecular formula is C22H18F2N6O. The van der Waals surface area contributed by atoms with Crippen LogP contribution in [-0.4, -0.2) is 38.7 Å². The van der Waals surface area contributed by atoms with Crippen molar-refractivity contribution < 1.29 is 13.6 Å². The lowest BCUT2D eigenvalue weighted by molar-refractivity contribution is 0.0817. The molecule has 1 aliphatic carbocycles. The van der Waals surface area contributed by atoms with Crippen molar-refractivity contribution >= 4 is 11.9 Å². The highest BCUT2D eigenvalue weighted by molar-refractivity contribution is 5.85. The molecule has 2 atom stereocenters. The Morgan fingerprint density at radius 3 is 2.61 bits per heavy atom. The Bertz CT molecular complexity index is 1190. The monoisotopic (exact) mass is 420 g/mol. The molecule has 2 unspecified atom stereocenters. The molecule has 1 aliphatic heterocycles. The van der Waals surface area contributed by atoms with E-state index in [0.717, 1.165) is 18.2 Å². The SMILES string of the molecule is N#Cc1ccnc(N2CC3CC(C(=O)n4nccc4-c4cc(F)ccc4F)CC3C2)n1. The third kappa shape index (κ3) is 3.44. The van der Waals surface area contributed by atoms with E-state index < -0.39 is 11.6 Å². The number of carbonyl (C=O) groups is 1. The second-order valence-corrected chi connectivity index (χ2v) is 8.04. The van der Waals surface area contributed by atoms with Crippen LogP contribution in [0, 0.1) is 40.7 Å². The topological polar surface area (TPSA) is 87.7 Å². The minimum absolute atomic E-state index is 0.0183. The highest BCUT2D eigenvalue weighted by Gasteiger charge is 2.44. The predicted octanol–water partition coefficient (Wildman–Crippen LogP) is 3.29. The summed E-state index contributed by atoms with van der Waals surface area (Å²) in [6.07, 6.45) is 4.37. The van der Waals surface area contributed by atoms with E-state index >= 15 is 0 Å². The van der Waals surface area contributed by atoms with Crippen molar-refractivity contribution in [3.63, 3.8) is 0 Å². The number of hydrogen-bond acceptors (Lipinski definition) is 6. The number of anilines is 1. The molecule has 2 aromatic heterocycles. The molecule has 31 heavy (non-hydrogen) atoms. The van der Waals surface area contributed by atoms with Gasteiger partial charge in [0.05, 0.1) is 11.9 Å². The molecule has 7 nitrogen and oxygen atoms in total. The number of hydrogen-bond donors (Lipinski definition) is 0. The molecular weight excluding hydrogens is 402 g/mol. The number of nitrogens with zero attached hydrogens (tertiary/aromatic N) is 6. The first-order valence-corrected chi connectivity index (χ1v) is 10.0. The average molecular weight is 420 g/mol. The summed E-state index contributed by atoms with van der Waals surface area (Å²) in [5.41, 5.74) is 0.595. The number of nitriles is 1. The van der Waals surface area contributed by atoms with Crippen molar-refractivity contribution in [1.29, 1.82) is 5.26 Å². The number of rotatable bonds is 3. The van der Waals surface area contributed by atoms with Crippen molar-refractivity contribution in [1.82, 2.24) is 19.7 Å². The molecule has 0 bridgehead atoms. The molecule has 0 radical (unpaired) electrons. The first-order valence-electron chi connectivity index (χ1n) is 10.0. The largest absolute Gasteiger partial charge is 0.340 e. The number of benzene rings is 1. The van der Waals surface area contributed by atoms with Crippen molar-refractivity contribution in [3.8, 4) is 17.3 Å². The zero-order valence-corrected chi connectivity index (χ0v) is 16.4. The highest BCUT2D eigenvalue weighted by Crippen LogP contribution is 2.43. The van der Waals surface area contributed by atoms with Gasteiger partial charge in [-0.25, -0.2) is 18.7 Å². The lowest BCUT2D eigenvalue weighted by atomic mass is 10.0. The van der Waals surface area contributed by atoms with Gasteiger partial charge in [0.15, 0.2) is 0 Å². The molecule has 5 rings (SSSR count). The summed E-state index contributed by atoms with van der Waals surface area (Å²) >= 11 is 0. The molecule has 0 spiro atoms. The van der Waals surface area contributed by atoms with Crippen molar-refractivity contribution in [2.45, 2.75) is 12.8 Å². The third-order valence-corrected chi connectivity index (χ3v) is 6.20. The van der Waals surface area contributed by atoms with Crippen LogP contribution in [-0.2, 0) is 0 Å². The Hall–Kier alpha value is -3.67. The maximum absolute atomic E-state index is 14.2. The molecule has 3 heterocycles. The van der Waals surface area contributed by atoms with E-state index in [4.69, 9.17) is 5.26 Å². The standard InChI is InChI=1S/C22H18F2N6O/c23-16-1-2-19(24)18(9-16)20-4-6-27-30(20)21(31)13-7-14-11-29(12-15(14)8-13)22-26-5-3-17(10-25)28-22/h1-6,9,13-15H,7-8,11-12H2. The number of aromatic nitrogens is 4. The Balaban J connectivity index is 1.32. The molecule has 0 amide bonds. The zero-order chi connectivity index (χ0) is 21.5. The van der Waals surface area contributed by atoms with Crippen molar-refractivity contribution in [2.75, 3.05) is 18.0 Å². The van der Waals surface area contributed by atoms with E-state index in [1.165, 1.54) is 16.9 Å². The predicted molar refractivity (Wildman–Crippen MR) is 107 cm³/mol. The van der Waals surface area contributed by atoms with Crippen LogP contribution in [0.3, 0.4) is 0 Å². The van der Waals surface area contributed by atoms with Crippen molar-refractivity contribution in [3.05, 3.63) is 60.1 Å². The quantitative estimate of drug-likeness (QED) is 0.646. The summed E-state index contributed by atoms with van der Waals surface area (Å²) in [6, 6.07) is 8.28. The van der Waals surface area contributed by atoms with Gasteiger partial charge >= 0.3 is 0 Å².